The molecule has 2 N–H and O–H groups in total. The van der Waals surface area contributed by atoms with E-state index in [0.717, 1.165) is 0 Å². The van der Waals surface area contributed by atoms with Crippen LogP contribution in [-0.4, -0.2) is 30.3 Å². The highest BCUT2D eigenvalue weighted by Gasteiger charge is 2.40. The molecule has 1 aromatic rings. The molecule has 0 aliphatic rings. The lowest BCUT2D eigenvalue weighted by atomic mass is 10.1. The average molecular weight is 356 g/mol. The van der Waals surface area contributed by atoms with Crippen molar-refractivity contribution in [2.45, 2.75) is 56.8 Å². The summed E-state index contributed by atoms with van der Waals surface area (Å²) in [5.74, 6) is -0.833. The molecular formula is C17H29NO3SSi. The number of amides is 1. The van der Waals surface area contributed by atoms with E-state index in [1.807, 2.05) is 25.1 Å². The van der Waals surface area contributed by atoms with Crippen molar-refractivity contribution in [3.8, 4) is 0 Å². The van der Waals surface area contributed by atoms with Crippen LogP contribution >= 0.6 is 0 Å². The maximum absolute atomic E-state index is 12.5. The summed E-state index contributed by atoms with van der Waals surface area (Å²) in [6.45, 7) is 12.6. The van der Waals surface area contributed by atoms with Crippen molar-refractivity contribution >= 4 is 25.0 Å². The SMILES string of the molecule is CC(O[Si](C)(C)C(C)(C)C)C(CS(=O)c1ccccc1)C(N)=O. The van der Waals surface area contributed by atoms with E-state index < -0.39 is 30.9 Å². The predicted molar refractivity (Wildman–Crippen MR) is 98.1 cm³/mol. The molecule has 0 fully saturated rings. The second-order valence-electron chi connectivity index (χ2n) is 7.42. The molecule has 130 valence electrons. The van der Waals surface area contributed by atoms with Gasteiger partial charge in [0.2, 0.25) is 5.91 Å². The molecule has 0 aliphatic heterocycles. The van der Waals surface area contributed by atoms with Gasteiger partial charge in [-0.3, -0.25) is 9.00 Å². The number of nitrogens with two attached hydrogens (primary N) is 1. The zero-order valence-corrected chi connectivity index (χ0v) is 16.8. The lowest BCUT2D eigenvalue weighted by molar-refractivity contribution is -0.123. The van der Waals surface area contributed by atoms with Gasteiger partial charge in [0, 0.05) is 10.6 Å². The van der Waals surface area contributed by atoms with Crippen LogP contribution in [0.3, 0.4) is 0 Å². The Kier molecular flexibility index (Phi) is 6.74. The van der Waals surface area contributed by atoms with Crippen LogP contribution in [-0.2, 0) is 20.0 Å². The Bertz CT molecular complexity index is 555. The molecule has 3 unspecified atom stereocenters. The zero-order valence-electron chi connectivity index (χ0n) is 15.0. The Hall–Kier alpha value is -0.983. The highest BCUT2D eigenvalue weighted by atomic mass is 32.2. The third kappa shape index (κ3) is 5.55. The van der Waals surface area contributed by atoms with Crippen molar-refractivity contribution in [2.24, 2.45) is 11.7 Å². The summed E-state index contributed by atoms with van der Waals surface area (Å²) >= 11 is 0. The highest BCUT2D eigenvalue weighted by Crippen LogP contribution is 2.38. The van der Waals surface area contributed by atoms with Crippen molar-refractivity contribution in [3.63, 3.8) is 0 Å². The maximum atomic E-state index is 12.5. The molecule has 1 aromatic carbocycles. The Labute approximate surface area is 143 Å². The van der Waals surface area contributed by atoms with Gasteiger partial charge in [0.1, 0.15) is 0 Å². The molecule has 1 amide bonds. The third-order valence-electron chi connectivity index (χ3n) is 4.56. The molecule has 4 nitrogen and oxygen atoms in total. The number of carbonyl (C=O) groups excluding carboxylic acids is 1. The summed E-state index contributed by atoms with van der Waals surface area (Å²) in [4.78, 5) is 12.6. The first-order chi connectivity index (χ1) is 10.5. The fourth-order valence-electron chi connectivity index (χ4n) is 2.00. The number of hydrogen-bond acceptors (Lipinski definition) is 3. The molecule has 6 heteroatoms. The van der Waals surface area contributed by atoms with E-state index in [1.54, 1.807) is 12.1 Å². The van der Waals surface area contributed by atoms with Gasteiger partial charge in [-0.2, -0.15) is 0 Å². The second-order valence-corrected chi connectivity index (χ2v) is 13.7. The van der Waals surface area contributed by atoms with Gasteiger partial charge in [0.15, 0.2) is 8.32 Å². The van der Waals surface area contributed by atoms with E-state index in [1.165, 1.54) is 0 Å². The minimum atomic E-state index is -2.01. The zero-order chi connectivity index (χ0) is 17.8. The molecule has 0 saturated carbocycles. The smallest absolute Gasteiger partial charge is 0.224 e. The summed E-state index contributed by atoms with van der Waals surface area (Å²) in [6, 6.07) is 9.14. The van der Waals surface area contributed by atoms with Crippen molar-refractivity contribution in [2.75, 3.05) is 5.75 Å². The Morgan fingerprint density at radius 3 is 2.22 bits per heavy atom. The van der Waals surface area contributed by atoms with Crippen LogP contribution in [0.1, 0.15) is 27.7 Å². The van der Waals surface area contributed by atoms with Crippen LogP contribution in [0.5, 0.6) is 0 Å². The molecule has 0 aromatic heterocycles. The molecular weight excluding hydrogens is 326 g/mol. The van der Waals surface area contributed by atoms with Crippen molar-refractivity contribution in [1.29, 1.82) is 0 Å². The Morgan fingerprint density at radius 2 is 1.78 bits per heavy atom. The Morgan fingerprint density at radius 1 is 1.26 bits per heavy atom. The van der Waals surface area contributed by atoms with Crippen LogP contribution in [0.4, 0.5) is 0 Å². The standard InChI is InChI=1S/C17H29NO3SSi/c1-13(21-23(5,6)17(2,3)4)15(16(18)19)12-22(20)14-10-8-7-9-11-14/h7-11,13,15H,12H2,1-6H3,(H2,18,19). The van der Waals surface area contributed by atoms with E-state index in [-0.39, 0.29) is 16.9 Å². The third-order valence-corrected chi connectivity index (χ3v) is 10.6. The Balaban J connectivity index is 2.87. The molecule has 0 spiro atoms. The maximum Gasteiger partial charge on any atom is 0.224 e. The largest absolute Gasteiger partial charge is 0.413 e. The molecule has 3 atom stereocenters. The minimum absolute atomic E-state index is 0.0437. The van der Waals surface area contributed by atoms with Gasteiger partial charge in [-0.05, 0) is 37.2 Å². The van der Waals surface area contributed by atoms with Gasteiger partial charge in [-0.1, -0.05) is 39.0 Å². The second kappa shape index (κ2) is 7.72. The van der Waals surface area contributed by atoms with Crippen LogP contribution in [0.2, 0.25) is 18.1 Å². The predicted octanol–water partition coefficient (Wildman–Crippen LogP) is 3.31. The first-order valence-corrected chi connectivity index (χ1v) is 12.1. The summed E-state index contributed by atoms with van der Waals surface area (Å²) in [5, 5.41) is 0.0437. The number of primary amides is 1. The summed E-state index contributed by atoms with van der Waals surface area (Å²) in [5.41, 5.74) is 5.55. The number of benzene rings is 1. The van der Waals surface area contributed by atoms with Crippen molar-refractivity contribution in [1.82, 2.24) is 0 Å². The van der Waals surface area contributed by atoms with Crippen molar-refractivity contribution in [3.05, 3.63) is 30.3 Å². The van der Waals surface area contributed by atoms with Crippen LogP contribution in [0.15, 0.2) is 35.2 Å². The fourth-order valence-corrected chi connectivity index (χ4v) is 4.87. The molecule has 0 saturated heterocycles. The molecule has 0 radical (unpaired) electrons. The summed E-state index contributed by atoms with van der Waals surface area (Å²) in [7, 11) is -3.28. The normalized spacial score (nSPS) is 16.6. The van der Waals surface area contributed by atoms with Gasteiger partial charge in [0.25, 0.3) is 0 Å². The van der Waals surface area contributed by atoms with E-state index in [9.17, 15) is 9.00 Å². The number of carbonyl (C=O) groups is 1. The first kappa shape index (κ1) is 20.1. The summed E-state index contributed by atoms with van der Waals surface area (Å²) in [6.07, 6.45) is -0.346. The fraction of sp³-hybridized carbons (Fsp3) is 0.588. The number of hydrogen-bond donors (Lipinski definition) is 1. The van der Waals surface area contributed by atoms with Gasteiger partial charge in [-0.15, -0.1) is 0 Å². The van der Waals surface area contributed by atoms with Gasteiger partial charge >= 0.3 is 0 Å². The topological polar surface area (TPSA) is 69.4 Å². The van der Waals surface area contributed by atoms with Crippen molar-refractivity contribution < 1.29 is 13.4 Å². The lowest BCUT2D eigenvalue weighted by Crippen LogP contribution is -2.48. The van der Waals surface area contributed by atoms with E-state index in [0.29, 0.717) is 4.90 Å². The van der Waals surface area contributed by atoms with Gasteiger partial charge in [-0.25, -0.2) is 0 Å². The molecule has 0 heterocycles. The number of rotatable bonds is 7. The van der Waals surface area contributed by atoms with Gasteiger partial charge in [0.05, 0.1) is 22.8 Å². The summed E-state index contributed by atoms with van der Waals surface area (Å²) < 4.78 is 18.8. The quantitative estimate of drug-likeness (QED) is 0.763. The monoisotopic (exact) mass is 355 g/mol. The van der Waals surface area contributed by atoms with Gasteiger partial charge < -0.3 is 10.2 Å². The van der Waals surface area contributed by atoms with E-state index in [2.05, 4.69) is 33.9 Å². The molecule has 23 heavy (non-hydrogen) atoms. The molecule has 1 rings (SSSR count). The van der Waals surface area contributed by atoms with Crippen LogP contribution in [0, 0.1) is 5.92 Å². The van der Waals surface area contributed by atoms with E-state index >= 15 is 0 Å². The van der Waals surface area contributed by atoms with Crippen LogP contribution < -0.4 is 5.73 Å². The average Bonchev–Trinajstić information content (AvgIpc) is 2.43. The highest BCUT2D eigenvalue weighted by molar-refractivity contribution is 7.85. The lowest BCUT2D eigenvalue weighted by Gasteiger charge is -2.39. The molecule has 0 bridgehead atoms. The minimum Gasteiger partial charge on any atom is -0.413 e. The first-order valence-electron chi connectivity index (χ1n) is 7.86. The van der Waals surface area contributed by atoms with E-state index in [4.69, 9.17) is 10.2 Å². The molecule has 0 aliphatic carbocycles. The van der Waals surface area contributed by atoms with Crippen LogP contribution in [0.25, 0.3) is 0 Å².